The molecule has 2 aromatic carbocycles. The van der Waals surface area contributed by atoms with Gasteiger partial charge in [0.15, 0.2) is 0 Å². The Balaban J connectivity index is 2.53. The summed E-state index contributed by atoms with van der Waals surface area (Å²) in [7, 11) is 0. The topological polar surface area (TPSA) is 0 Å². The summed E-state index contributed by atoms with van der Waals surface area (Å²) >= 11 is 0. The molecule has 0 heteroatoms. The molecule has 0 aromatic heterocycles. The molecule has 0 saturated carbocycles. The molecular weight excluding hydrogens is 168 g/mol. The molecule has 0 N–H and O–H groups in total. The molecule has 0 spiro atoms. The standard InChI is InChI=1S/C14H12/c1-2-10-6-7-12-9-8-11-4-3-5-13(10)14(11)12/h2-7H,1,8-9H2. The van der Waals surface area contributed by atoms with Crippen molar-refractivity contribution in [2.45, 2.75) is 12.8 Å². The predicted octanol–water partition coefficient (Wildman–Crippen LogP) is 3.58. The summed E-state index contributed by atoms with van der Waals surface area (Å²) < 4.78 is 0. The Kier molecular flexibility index (Phi) is 1.51. The molecule has 0 heterocycles. The van der Waals surface area contributed by atoms with Crippen molar-refractivity contribution in [2.75, 3.05) is 0 Å². The fraction of sp³-hybridized carbons (Fsp3) is 0.143. The zero-order chi connectivity index (χ0) is 9.54. The quantitative estimate of drug-likeness (QED) is 0.629. The second kappa shape index (κ2) is 2.71. The Morgan fingerprint density at radius 1 is 1.00 bits per heavy atom. The van der Waals surface area contributed by atoms with Gasteiger partial charge in [-0.05, 0) is 40.3 Å². The summed E-state index contributed by atoms with van der Waals surface area (Å²) in [5.41, 5.74) is 4.26. The van der Waals surface area contributed by atoms with Crippen molar-refractivity contribution in [1.82, 2.24) is 0 Å². The van der Waals surface area contributed by atoms with E-state index in [-0.39, 0.29) is 0 Å². The molecule has 1 aliphatic rings. The van der Waals surface area contributed by atoms with Crippen LogP contribution in [0.3, 0.4) is 0 Å². The summed E-state index contributed by atoms with van der Waals surface area (Å²) in [4.78, 5) is 0. The third-order valence-corrected chi connectivity index (χ3v) is 3.13. The first-order valence-electron chi connectivity index (χ1n) is 5.06. The van der Waals surface area contributed by atoms with Crippen LogP contribution in [0, 0.1) is 0 Å². The molecule has 0 amide bonds. The van der Waals surface area contributed by atoms with Crippen LogP contribution in [-0.4, -0.2) is 0 Å². The van der Waals surface area contributed by atoms with Gasteiger partial charge in [-0.25, -0.2) is 0 Å². The molecule has 68 valence electrons. The first-order valence-corrected chi connectivity index (χ1v) is 5.06. The highest BCUT2D eigenvalue weighted by molar-refractivity contribution is 5.96. The van der Waals surface area contributed by atoms with Crippen LogP contribution in [0.5, 0.6) is 0 Å². The number of benzene rings is 2. The van der Waals surface area contributed by atoms with E-state index in [2.05, 4.69) is 36.9 Å². The predicted molar refractivity (Wildman–Crippen MR) is 61.4 cm³/mol. The molecule has 0 nitrogen and oxygen atoms in total. The van der Waals surface area contributed by atoms with E-state index in [0.717, 1.165) is 0 Å². The van der Waals surface area contributed by atoms with E-state index in [0.29, 0.717) is 0 Å². The molecule has 0 bridgehead atoms. The van der Waals surface area contributed by atoms with E-state index in [4.69, 9.17) is 0 Å². The smallest absolute Gasteiger partial charge is 0.0106 e. The molecule has 1 aliphatic carbocycles. The normalized spacial score (nSPS) is 13.4. The maximum Gasteiger partial charge on any atom is -0.0106 e. The van der Waals surface area contributed by atoms with E-state index in [9.17, 15) is 0 Å². The lowest BCUT2D eigenvalue weighted by Gasteiger charge is -2.04. The van der Waals surface area contributed by atoms with Gasteiger partial charge in [0.1, 0.15) is 0 Å². The summed E-state index contributed by atoms with van der Waals surface area (Å²) in [6, 6.07) is 11.0. The van der Waals surface area contributed by atoms with Gasteiger partial charge in [0.05, 0.1) is 0 Å². The Morgan fingerprint density at radius 3 is 2.57 bits per heavy atom. The number of aryl methyl sites for hydroxylation is 2. The minimum absolute atomic E-state index is 1.20. The molecule has 0 radical (unpaired) electrons. The maximum atomic E-state index is 3.86. The SMILES string of the molecule is C=Cc1ccc2c3c(cccc13)CC2. The second-order valence-corrected chi connectivity index (χ2v) is 3.86. The van der Waals surface area contributed by atoms with Crippen molar-refractivity contribution in [2.24, 2.45) is 0 Å². The molecule has 0 atom stereocenters. The van der Waals surface area contributed by atoms with Crippen molar-refractivity contribution < 1.29 is 0 Å². The average molecular weight is 180 g/mol. The van der Waals surface area contributed by atoms with E-state index >= 15 is 0 Å². The number of hydrogen-bond acceptors (Lipinski definition) is 0. The fourth-order valence-electron chi connectivity index (χ4n) is 2.45. The average Bonchev–Trinajstić information content (AvgIpc) is 2.65. The Hall–Kier alpha value is -1.56. The van der Waals surface area contributed by atoms with Gasteiger partial charge in [0.2, 0.25) is 0 Å². The van der Waals surface area contributed by atoms with Crippen molar-refractivity contribution in [3.63, 3.8) is 0 Å². The Bertz CT molecular complexity index is 511. The first kappa shape index (κ1) is 7.81. The van der Waals surface area contributed by atoms with E-state index in [1.165, 1.54) is 40.3 Å². The fourth-order valence-corrected chi connectivity index (χ4v) is 2.45. The maximum absolute atomic E-state index is 3.86. The van der Waals surface area contributed by atoms with Gasteiger partial charge in [0, 0.05) is 0 Å². The van der Waals surface area contributed by atoms with Crippen LogP contribution >= 0.6 is 0 Å². The molecule has 0 saturated heterocycles. The van der Waals surface area contributed by atoms with Crippen molar-refractivity contribution >= 4 is 16.8 Å². The van der Waals surface area contributed by atoms with Crippen LogP contribution in [-0.2, 0) is 12.8 Å². The van der Waals surface area contributed by atoms with Gasteiger partial charge in [0.25, 0.3) is 0 Å². The lowest BCUT2D eigenvalue weighted by molar-refractivity contribution is 1.02. The molecule has 14 heavy (non-hydrogen) atoms. The minimum Gasteiger partial charge on any atom is -0.0984 e. The van der Waals surface area contributed by atoms with E-state index < -0.39 is 0 Å². The first-order chi connectivity index (χ1) is 6.90. The highest BCUT2D eigenvalue weighted by Gasteiger charge is 2.14. The molecule has 3 rings (SSSR count). The van der Waals surface area contributed by atoms with E-state index in [1.807, 2.05) is 6.08 Å². The van der Waals surface area contributed by atoms with E-state index in [1.54, 1.807) is 0 Å². The summed E-state index contributed by atoms with van der Waals surface area (Å²) in [5, 5.41) is 2.84. The summed E-state index contributed by atoms with van der Waals surface area (Å²) in [6.07, 6.45) is 4.35. The van der Waals surface area contributed by atoms with Crippen LogP contribution in [0.15, 0.2) is 36.9 Å². The summed E-state index contributed by atoms with van der Waals surface area (Å²) in [6.45, 7) is 3.86. The van der Waals surface area contributed by atoms with Crippen molar-refractivity contribution in [3.8, 4) is 0 Å². The largest absolute Gasteiger partial charge is 0.0984 e. The minimum atomic E-state index is 1.20. The zero-order valence-corrected chi connectivity index (χ0v) is 8.09. The number of rotatable bonds is 1. The third-order valence-electron chi connectivity index (χ3n) is 3.13. The van der Waals surface area contributed by atoms with Crippen molar-refractivity contribution in [1.29, 1.82) is 0 Å². The Morgan fingerprint density at radius 2 is 1.79 bits per heavy atom. The molecule has 0 aliphatic heterocycles. The lowest BCUT2D eigenvalue weighted by atomic mass is 10.0. The van der Waals surface area contributed by atoms with Crippen LogP contribution in [0.25, 0.3) is 16.8 Å². The Labute approximate surface area is 83.9 Å². The summed E-state index contributed by atoms with van der Waals surface area (Å²) in [5.74, 6) is 0. The van der Waals surface area contributed by atoms with Gasteiger partial charge in [-0.15, -0.1) is 0 Å². The van der Waals surface area contributed by atoms with Gasteiger partial charge < -0.3 is 0 Å². The zero-order valence-electron chi connectivity index (χ0n) is 8.09. The van der Waals surface area contributed by atoms with Crippen molar-refractivity contribution in [3.05, 3.63) is 53.6 Å². The highest BCUT2D eigenvalue weighted by atomic mass is 14.2. The molecule has 0 fully saturated rings. The second-order valence-electron chi connectivity index (χ2n) is 3.86. The molecular formula is C14H12. The van der Waals surface area contributed by atoms with Gasteiger partial charge >= 0.3 is 0 Å². The third kappa shape index (κ3) is 0.884. The molecule has 0 unspecified atom stereocenters. The van der Waals surface area contributed by atoms with Crippen LogP contribution in [0.2, 0.25) is 0 Å². The highest BCUT2D eigenvalue weighted by Crippen LogP contribution is 2.32. The monoisotopic (exact) mass is 180 g/mol. The van der Waals surface area contributed by atoms with Crippen LogP contribution in [0.1, 0.15) is 16.7 Å². The van der Waals surface area contributed by atoms with Gasteiger partial charge in [-0.1, -0.05) is 43.0 Å². The lowest BCUT2D eigenvalue weighted by Crippen LogP contribution is -1.81. The number of hydrogen-bond donors (Lipinski definition) is 0. The molecule has 2 aromatic rings. The van der Waals surface area contributed by atoms with Gasteiger partial charge in [-0.2, -0.15) is 0 Å². The van der Waals surface area contributed by atoms with Crippen LogP contribution in [0.4, 0.5) is 0 Å². The van der Waals surface area contributed by atoms with Gasteiger partial charge in [-0.3, -0.25) is 0 Å². The van der Waals surface area contributed by atoms with Crippen LogP contribution < -0.4 is 0 Å².